The summed E-state index contributed by atoms with van der Waals surface area (Å²) in [6, 6.07) is 5.84. The molecular weight excluding hydrogens is 233 g/mol. The van der Waals surface area contributed by atoms with E-state index < -0.39 is 11.7 Å². The lowest BCUT2D eigenvalue weighted by molar-refractivity contribution is -0.120. The predicted molar refractivity (Wildman–Crippen MR) is 57.4 cm³/mol. The highest BCUT2D eigenvalue weighted by molar-refractivity contribution is 6.33. The summed E-state index contributed by atoms with van der Waals surface area (Å²) in [6.07, 6.45) is 0.787. The number of hydrogen-bond donors (Lipinski definition) is 1. The van der Waals surface area contributed by atoms with E-state index in [-0.39, 0.29) is 17.0 Å². The fourth-order valence-corrected chi connectivity index (χ4v) is 1.13. The van der Waals surface area contributed by atoms with E-state index in [0.717, 1.165) is 6.21 Å². The monoisotopic (exact) mass is 239 g/mol. The number of nitrogens with one attached hydrogen (secondary N) is 1. The van der Waals surface area contributed by atoms with Crippen LogP contribution in [0.15, 0.2) is 23.3 Å². The van der Waals surface area contributed by atoms with E-state index in [9.17, 15) is 9.18 Å². The van der Waals surface area contributed by atoms with Crippen molar-refractivity contribution in [2.75, 3.05) is 0 Å². The maximum atomic E-state index is 13.2. The van der Waals surface area contributed by atoms with E-state index in [1.807, 2.05) is 0 Å². The number of amides is 1. The molecule has 0 aromatic heterocycles. The molecule has 0 aliphatic heterocycles. The summed E-state index contributed by atoms with van der Waals surface area (Å²) in [4.78, 5) is 10.8. The molecule has 0 bridgehead atoms. The zero-order valence-electron chi connectivity index (χ0n) is 8.08. The Balaban J connectivity index is 2.70. The quantitative estimate of drug-likeness (QED) is 0.646. The lowest BCUT2D eigenvalue weighted by Gasteiger charge is -1.99. The van der Waals surface area contributed by atoms with E-state index in [0.29, 0.717) is 0 Å². The molecule has 4 nitrogen and oxygen atoms in total. The second kappa shape index (κ2) is 5.83. The molecule has 1 rings (SSSR count). The molecule has 1 N–H and O–H groups in total. The molecule has 0 saturated heterocycles. The first kappa shape index (κ1) is 12.1. The SMILES string of the molecule is N#CCC(=O)N/N=C/c1c(F)cccc1Cl. The molecule has 0 saturated carbocycles. The van der Waals surface area contributed by atoms with E-state index in [2.05, 4.69) is 10.5 Å². The van der Waals surface area contributed by atoms with Gasteiger partial charge in [0.1, 0.15) is 12.2 Å². The fourth-order valence-electron chi connectivity index (χ4n) is 0.914. The van der Waals surface area contributed by atoms with Gasteiger partial charge in [0.2, 0.25) is 0 Å². The Morgan fingerprint density at radius 3 is 3.06 bits per heavy atom. The van der Waals surface area contributed by atoms with Crippen molar-refractivity contribution >= 4 is 23.7 Å². The molecule has 0 fully saturated rings. The van der Waals surface area contributed by atoms with Gasteiger partial charge in [-0.05, 0) is 12.1 Å². The van der Waals surface area contributed by atoms with E-state index in [1.54, 1.807) is 6.07 Å². The molecule has 6 heteroatoms. The maximum Gasteiger partial charge on any atom is 0.254 e. The van der Waals surface area contributed by atoms with Crippen molar-refractivity contribution in [3.63, 3.8) is 0 Å². The average molecular weight is 240 g/mol. The van der Waals surface area contributed by atoms with Crippen LogP contribution in [-0.2, 0) is 4.79 Å². The van der Waals surface area contributed by atoms with Gasteiger partial charge in [0.25, 0.3) is 5.91 Å². The molecule has 16 heavy (non-hydrogen) atoms. The van der Waals surface area contributed by atoms with Crippen molar-refractivity contribution in [3.8, 4) is 6.07 Å². The van der Waals surface area contributed by atoms with Gasteiger partial charge in [-0.15, -0.1) is 0 Å². The van der Waals surface area contributed by atoms with Crippen molar-refractivity contribution in [1.82, 2.24) is 5.43 Å². The van der Waals surface area contributed by atoms with Gasteiger partial charge in [0.05, 0.1) is 17.3 Å². The van der Waals surface area contributed by atoms with Crippen molar-refractivity contribution in [3.05, 3.63) is 34.6 Å². The Morgan fingerprint density at radius 2 is 2.44 bits per heavy atom. The molecule has 0 spiro atoms. The first-order valence-corrected chi connectivity index (χ1v) is 4.66. The average Bonchev–Trinajstić information content (AvgIpc) is 2.23. The van der Waals surface area contributed by atoms with Crippen molar-refractivity contribution < 1.29 is 9.18 Å². The van der Waals surface area contributed by atoms with E-state index >= 15 is 0 Å². The molecule has 82 valence electrons. The largest absolute Gasteiger partial charge is 0.272 e. The van der Waals surface area contributed by atoms with Crippen LogP contribution >= 0.6 is 11.6 Å². The summed E-state index contributed by atoms with van der Waals surface area (Å²) >= 11 is 5.71. The Labute approximate surface area is 96.3 Å². The molecule has 1 aromatic carbocycles. The maximum absolute atomic E-state index is 13.2. The number of nitriles is 1. The van der Waals surface area contributed by atoms with Crippen molar-refractivity contribution in [1.29, 1.82) is 5.26 Å². The molecular formula is C10H7ClFN3O. The molecule has 0 aliphatic carbocycles. The number of hydrogen-bond acceptors (Lipinski definition) is 3. The van der Waals surface area contributed by atoms with E-state index in [4.69, 9.17) is 16.9 Å². The zero-order valence-corrected chi connectivity index (χ0v) is 8.83. The minimum absolute atomic E-state index is 0.0847. The zero-order chi connectivity index (χ0) is 12.0. The molecule has 0 radical (unpaired) electrons. The van der Waals surface area contributed by atoms with Crippen molar-refractivity contribution in [2.24, 2.45) is 5.10 Å². The van der Waals surface area contributed by atoms with Gasteiger partial charge < -0.3 is 0 Å². The summed E-state index contributed by atoms with van der Waals surface area (Å²) in [5.41, 5.74) is 2.15. The smallest absolute Gasteiger partial charge is 0.254 e. The Bertz CT molecular complexity index is 447. The van der Waals surface area contributed by atoms with Crippen LogP contribution in [0.1, 0.15) is 12.0 Å². The molecule has 0 atom stereocenters. The summed E-state index contributed by atoms with van der Waals surface area (Å²) in [7, 11) is 0. The first-order valence-electron chi connectivity index (χ1n) is 4.28. The third kappa shape index (κ3) is 3.33. The van der Waals surface area contributed by atoms with Crippen molar-refractivity contribution in [2.45, 2.75) is 6.42 Å². The first-order chi connectivity index (χ1) is 7.65. The second-order valence-electron chi connectivity index (χ2n) is 2.76. The van der Waals surface area contributed by atoms with Gasteiger partial charge in [-0.3, -0.25) is 4.79 Å². The molecule has 0 heterocycles. The molecule has 1 aromatic rings. The normalized spacial score (nSPS) is 10.1. The molecule has 0 aliphatic rings. The van der Waals surface area contributed by atoms with Crippen LogP contribution in [0.3, 0.4) is 0 Å². The predicted octanol–water partition coefficient (Wildman–Crippen LogP) is 1.84. The number of carbonyl (C=O) groups is 1. The van der Waals surface area contributed by atoms with Gasteiger partial charge in [0.15, 0.2) is 0 Å². The minimum atomic E-state index is -0.564. The summed E-state index contributed by atoms with van der Waals surface area (Å²) < 4.78 is 13.2. The Kier molecular flexibility index (Phi) is 4.42. The molecule has 0 unspecified atom stereocenters. The van der Waals surface area contributed by atoms with Gasteiger partial charge in [-0.25, -0.2) is 9.82 Å². The summed E-state index contributed by atoms with van der Waals surface area (Å²) in [5, 5.41) is 11.9. The highest BCUT2D eigenvalue weighted by Crippen LogP contribution is 2.16. The number of hydrazone groups is 1. The van der Waals surface area contributed by atoms with Gasteiger partial charge in [-0.1, -0.05) is 17.7 Å². The van der Waals surface area contributed by atoms with Gasteiger partial charge >= 0.3 is 0 Å². The third-order valence-corrected chi connectivity index (χ3v) is 1.95. The summed E-state index contributed by atoms with van der Waals surface area (Å²) in [6.45, 7) is 0. The number of benzene rings is 1. The van der Waals surface area contributed by atoms with Crippen LogP contribution in [0.25, 0.3) is 0 Å². The number of nitrogens with zero attached hydrogens (tertiary/aromatic N) is 2. The summed E-state index contributed by atoms with van der Waals surface area (Å²) in [5.74, 6) is -1.10. The van der Waals surface area contributed by atoms with Crippen LogP contribution in [0.5, 0.6) is 0 Å². The van der Waals surface area contributed by atoms with Gasteiger partial charge in [-0.2, -0.15) is 10.4 Å². The van der Waals surface area contributed by atoms with Crippen LogP contribution < -0.4 is 5.43 Å². The van der Waals surface area contributed by atoms with Crippen LogP contribution in [-0.4, -0.2) is 12.1 Å². The van der Waals surface area contributed by atoms with Crippen LogP contribution in [0, 0.1) is 17.1 Å². The lowest BCUT2D eigenvalue weighted by Crippen LogP contribution is -2.16. The molecule has 1 amide bonds. The number of rotatable bonds is 3. The Hall–Kier alpha value is -1.93. The highest BCUT2D eigenvalue weighted by Gasteiger charge is 2.03. The second-order valence-corrected chi connectivity index (χ2v) is 3.17. The van der Waals surface area contributed by atoms with Crippen LogP contribution in [0.4, 0.5) is 4.39 Å². The highest BCUT2D eigenvalue weighted by atomic mass is 35.5. The number of halogens is 2. The third-order valence-electron chi connectivity index (χ3n) is 1.62. The number of carbonyl (C=O) groups excluding carboxylic acids is 1. The Morgan fingerprint density at radius 1 is 1.69 bits per heavy atom. The topological polar surface area (TPSA) is 65.2 Å². The lowest BCUT2D eigenvalue weighted by atomic mass is 10.2. The van der Waals surface area contributed by atoms with Crippen LogP contribution in [0.2, 0.25) is 5.02 Å². The van der Waals surface area contributed by atoms with E-state index in [1.165, 1.54) is 18.2 Å². The minimum Gasteiger partial charge on any atom is -0.272 e. The fraction of sp³-hybridized carbons (Fsp3) is 0.100. The van der Waals surface area contributed by atoms with Gasteiger partial charge in [0, 0.05) is 5.56 Å². The standard InChI is InChI=1S/C10H7ClFN3O/c11-8-2-1-3-9(12)7(8)6-14-15-10(16)4-5-13/h1-3,6H,4H2,(H,15,16)/b14-6+.